The van der Waals surface area contributed by atoms with Crippen LogP contribution >= 0.6 is 0 Å². The van der Waals surface area contributed by atoms with Crippen molar-refractivity contribution in [2.45, 2.75) is 19.1 Å². The van der Waals surface area contributed by atoms with Crippen LogP contribution in [0, 0.1) is 0 Å². The van der Waals surface area contributed by atoms with E-state index in [9.17, 15) is 8.78 Å². The Kier molecular flexibility index (Phi) is 3.39. The van der Waals surface area contributed by atoms with E-state index >= 15 is 0 Å². The van der Waals surface area contributed by atoms with Gasteiger partial charge in [0.25, 0.3) is 6.43 Å². The molecule has 1 heterocycles. The van der Waals surface area contributed by atoms with Gasteiger partial charge in [0.1, 0.15) is 5.76 Å². The number of hydrogen-bond acceptors (Lipinski definition) is 3. The topological polar surface area (TPSA) is 42.6 Å². The van der Waals surface area contributed by atoms with Gasteiger partial charge in [-0.05, 0) is 6.07 Å². The molecule has 0 saturated carbocycles. The number of hydrogen-bond donors (Lipinski definition) is 1. The van der Waals surface area contributed by atoms with Crippen molar-refractivity contribution in [2.24, 2.45) is 0 Å². The van der Waals surface area contributed by atoms with Crippen LogP contribution in [0.5, 0.6) is 0 Å². The molecule has 0 spiro atoms. The second kappa shape index (κ2) is 4.34. The molecule has 1 aromatic rings. The molecular formula is C8H10F2O3. The number of aliphatic hydroxyl groups is 1. The molecule has 0 aliphatic rings. The summed E-state index contributed by atoms with van der Waals surface area (Å²) < 4.78 is 33.6. The number of aliphatic hydroxyl groups excluding tert-OH is 1. The summed E-state index contributed by atoms with van der Waals surface area (Å²) in [7, 11) is 1.44. The number of rotatable bonds is 4. The highest BCUT2D eigenvalue weighted by Gasteiger charge is 2.24. The molecule has 3 nitrogen and oxygen atoms in total. The Morgan fingerprint density at radius 2 is 2.31 bits per heavy atom. The van der Waals surface area contributed by atoms with E-state index in [0.717, 1.165) is 0 Å². The highest BCUT2D eigenvalue weighted by Crippen LogP contribution is 2.25. The molecule has 1 atom stereocenters. The zero-order chi connectivity index (χ0) is 9.84. The summed E-state index contributed by atoms with van der Waals surface area (Å²) in [5.41, 5.74) is 0.440. The molecule has 1 aromatic heterocycles. The van der Waals surface area contributed by atoms with Gasteiger partial charge in [0.05, 0.1) is 12.9 Å². The molecule has 0 fully saturated rings. The van der Waals surface area contributed by atoms with Crippen molar-refractivity contribution in [1.82, 2.24) is 0 Å². The van der Waals surface area contributed by atoms with Crippen molar-refractivity contribution in [2.75, 3.05) is 7.11 Å². The maximum absolute atomic E-state index is 12.1. The Labute approximate surface area is 73.9 Å². The van der Waals surface area contributed by atoms with E-state index in [1.54, 1.807) is 0 Å². The summed E-state index contributed by atoms with van der Waals surface area (Å²) in [5, 5.41) is 8.99. The van der Waals surface area contributed by atoms with Gasteiger partial charge in [0, 0.05) is 12.7 Å². The fourth-order valence-corrected chi connectivity index (χ4v) is 0.996. The number of methoxy groups -OCH3 is 1. The Bertz CT molecular complexity index is 260. The van der Waals surface area contributed by atoms with Crippen LogP contribution in [-0.4, -0.2) is 18.6 Å². The first-order valence-electron chi connectivity index (χ1n) is 3.68. The molecule has 0 bridgehead atoms. The SMILES string of the molecule is COCc1ccoc1C(O)C(F)F. The van der Waals surface area contributed by atoms with E-state index in [1.807, 2.05) is 0 Å². The lowest BCUT2D eigenvalue weighted by Crippen LogP contribution is -2.09. The van der Waals surface area contributed by atoms with Gasteiger partial charge >= 0.3 is 0 Å². The average Bonchev–Trinajstić information content (AvgIpc) is 2.52. The highest BCUT2D eigenvalue weighted by molar-refractivity contribution is 5.18. The highest BCUT2D eigenvalue weighted by atomic mass is 19.3. The normalized spacial score (nSPS) is 13.6. The predicted molar refractivity (Wildman–Crippen MR) is 40.4 cm³/mol. The lowest BCUT2D eigenvalue weighted by atomic mass is 10.2. The molecule has 0 saturated heterocycles. The Morgan fingerprint density at radius 1 is 1.62 bits per heavy atom. The summed E-state index contributed by atoms with van der Waals surface area (Å²) in [4.78, 5) is 0. The largest absolute Gasteiger partial charge is 0.466 e. The molecule has 0 aromatic carbocycles. The summed E-state index contributed by atoms with van der Waals surface area (Å²) in [6.45, 7) is 0.148. The van der Waals surface area contributed by atoms with Gasteiger partial charge in [-0.2, -0.15) is 0 Å². The summed E-state index contributed by atoms with van der Waals surface area (Å²) in [6, 6.07) is 1.49. The van der Waals surface area contributed by atoms with Crippen LogP contribution in [0.25, 0.3) is 0 Å². The minimum atomic E-state index is -2.85. The van der Waals surface area contributed by atoms with Crippen LogP contribution in [-0.2, 0) is 11.3 Å². The van der Waals surface area contributed by atoms with Gasteiger partial charge in [-0.25, -0.2) is 8.78 Å². The van der Waals surface area contributed by atoms with Crippen LogP contribution < -0.4 is 0 Å². The van der Waals surface area contributed by atoms with E-state index in [2.05, 4.69) is 0 Å². The van der Waals surface area contributed by atoms with Crippen molar-refractivity contribution < 1.29 is 23.0 Å². The first-order valence-corrected chi connectivity index (χ1v) is 3.68. The minimum Gasteiger partial charge on any atom is -0.466 e. The zero-order valence-electron chi connectivity index (χ0n) is 7.04. The number of halogens is 2. The van der Waals surface area contributed by atoms with Crippen molar-refractivity contribution in [3.05, 3.63) is 23.7 Å². The monoisotopic (exact) mass is 192 g/mol. The molecule has 1 rings (SSSR count). The maximum atomic E-state index is 12.1. The molecule has 0 aliphatic heterocycles. The molecule has 1 N–H and O–H groups in total. The first-order chi connectivity index (χ1) is 6.16. The molecule has 13 heavy (non-hydrogen) atoms. The number of ether oxygens (including phenoxy) is 1. The minimum absolute atomic E-state index is 0.128. The second-order valence-electron chi connectivity index (χ2n) is 2.52. The fourth-order valence-electron chi connectivity index (χ4n) is 0.996. The molecular weight excluding hydrogens is 182 g/mol. The van der Waals surface area contributed by atoms with E-state index in [0.29, 0.717) is 5.56 Å². The van der Waals surface area contributed by atoms with Crippen LogP contribution in [0.1, 0.15) is 17.4 Å². The van der Waals surface area contributed by atoms with Crippen LogP contribution in [0.3, 0.4) is 0 Å². The van der Waals surface area contributed by atoms with Gasteiger partial charge < -0.3 is 14.3 Å². The molecule has 74 valence electrons. The van der Waals surface area contributed by atoms with Gasteiger partial charge in [-0.1, -0.05) is 0 Å². The predicted octanol–water partition coefficient (Wildman–Crippen LogP) is 1.72. The lowest BCUT2D eigenvalue weighted by molar-refractivity contribution is -0.0191. The van der Waals surface area contributed by atoms with E-state index < -0.39 is 12.5 Å². The van der Waals surface area contributed by atoms with Crippen LogP contribution in [0.4, 0.5) is 8.78 Å². The second-order valence-corrected chi connectivity index (χ2v) is 2.52. The van der Waals surface area contributed by atoms with Gasteiger partial charge in [0.2, 0.25) is 0 Å². The maximum Gasteiger partial charge on any atom is 0.271 e. The van der Waals surface area contributed by atoms with Crippen molar-refractivity contribution in [3.63, 3.8) is 0 Å². The zero-order valence-corrected chi connectivity index (χ0v) is 7.04. The quantitative estimate of drug-likeness (QED) is 0.789. The van der Waals surface area contributed by atoms with Crippen LogP contribution in [0.2, 0.25) is 0 Å². The molecule has 0 amide bonds. The van der Waals surface area contributed by atoms with Crippen molar-refractivity contribution in [3.8, 4) is 0 Å². The smallest absolute Gasteiger partial charge is 0.271 e. The number of alkyl halides is 2. The summed E-state index contributed by atoms with van der Waals surface area (Å²) >= 11 is 0. The molecule has 1 unspecified atom stereocenters. The van der Waals surface area contributed by atoms with E-state index in [1.165, 1.54) is 19.4 Å². The fraction of sp³-hybridized carbons (Fsp3) is 0.500. The van der Waals surface area contributed by atoms with Crippen molar-refractivity contribution in [1.29, 1.82) is 0 Å². The molecule has 0 aliphatic carbocycles. The average molecular weight is 192 g/mol. The third-order valence-corrected chi connectivity index (χ3v) is 1.59. The third kappa shape index (κ3) is 2.26. The van der Waals surface area contributed by atoms with E-state index in [-0.39, 0.29) is 12.4 Å². The lowest BCUT2D eigenvalue weighted by Gasteiger charge is -2.08. The van der Waals surface area contributed by atoms with Gasteiger partial charge in [0.15, 0.2) is 6.10 Å². The molecule has 5 heteroatoms. The summed E-state index contributed by atoms with van der Waals surface area (Å²) in [6.07, 6.45) is -3.48. The van der Waals surface area contributed by atoms with Gasteiger partial charge in [-0.15, -0.1) is 0 Å². The molecule has 0 radical (unpaired) electrons. The standard InChI is InChI=1S/C8H10F2O3/c1-12-4-5-2-3-13-7(5)6(11)8(9)10/h2-3,6,8,11H,4H2,1H3. The Morgan fingerprint density at radius 3 is 2.85 bits per heavy atom. The Hall–Kier alpha value is -0.940. The summed E-state index contributed by atoms with van der Waals surface area (Å²) in [5.74, 6) is -0.128. The van der Waals surface area contributed by atoms with Crippen LogP contribution in [0.15, 0.2) is 16.7 Å². The van der Waals surface area contributed by atoms with Crippen molar-refractivity contribution >= 4 is 0 Å². The third-order valence-electron chi connectivity index (χ3n) is 1.59. The van der Waals surface area contributed by atoms with E-state index in [4.69, 9.17) is 14.3 Å². The number of furan rings is 1. The Balaban J connectivity index is 2.80. The van der Waals surface area contributed by atoms with Gasteiger partial charge in [-0.3, -0.25) is 0 Å². The first kappa shape index (κ1) is 10.1.